The molecule has 0 radical (unpaired) electrons. The van der Waals surface area contributed by atoms with Gasteiger partial charge in [0.05, 0.1) is 7.11 Å². The van der Waals surface area contributed by atoms with E-state index in [1.807, 2.05) is 95.9 Å². The highest BCUT2D eigenvalue weighted by Crippen LogP contribution is 2.42. The molecule has 1 amide bonds. The third-order valence-electron chi connectivity index (χ3n) is 6.10. The number of amides is 1. The van der Waals surface area contributed by atoms with Crippen LogP contribution in [0.1, 0.15) is 26.9 Å². The molecule has 1 unspecified atom stereocenters. The van der Waals surface area contributed by atoms with Crippen LogP contribution in [0.3, 0.4) is 0 Å². The summed E-state index contributed by atoms with van der Waals surface area (Å²) < 4.78 is 11.6. The van der Waals surface area contributed by atoms with E-state index in [2.05, 4.69) is 12.1 Å². The number of hydrogen-bond donors (Lipinski definition) is 0. The van der Waals surface area contributed by atoms with Gasteiger partial charge in [-0.25, -0.2) is 0 Å². The van der Waals surface area contributed by atoms with Crippen LogP contribution in [0.2, 0.25) is 0 Å². The van der Waals surface area contributed by atoms with Crippen molar-refractivity contribution in [1.29, 1.82) is 0 Å². The molecule has 1 saturated heterocycles. The molecule has 176 valence electrons. The summed E-state index contributed by atoms with van der Waals surface area (Å²) in [5.41, 5.74) is 5.06. The molecule has 1 aliphatic rings. The number of methoxy groups -OCH3 is 1. The van der Waals surface area contributed by atoms with Gasteiger partial charge in [0.1, 0.15) is 12.0 Å². The zero-order chi connectivity index (χ0) is 24.0. The van der Waals surface area contributed by atoms with E-state index in [-0.39, 0.29) is 11.3 Å². The van der Waals surface area contributed by atoms with E-state index in [1.54, 1.807) is 18.9 Å². The second-order valence-electron chi connectivity index (χ2n) is 8.35. The van der Waals surface area contributed by atoms with E-state index in [9.17, 15) is 4.79 Å². The summed E-state index contributed by atoms with van der Waals surface area (Å²) in [5.74, 6) is 2.30. The molecule has 4 aromatic carbocycles. The molecule has 4 nitrogen and oxygen atoms in total. The number of hydrogen-bond acceptors (Lipinski definition) is 4. The second kappa shape index (κ2) is 10.7. The van der Waals surface area contributed by atoms with Crippen molar-refractivity contribution < 1.29 is 14.3 Å². The zero-order valence-electron chi connectivity index (χ0n) is 19.6. The number of thioether (sulfide) groups is 1. The second-order valence-corrected chi connectivity index (χ2v) is 9.54. The summed E-state index contributed by atoms with van der Waals surface area (Å²) in [4.78, 5) is 15.4. The number of nitrogens with zero attached hydrogens (tertiary/aromatic N) is 1. The standard InChI is InChI=1S/C30H27NO3S/c1-33-27-17-16-26(20-28(27)34-21-22-8-4-2-5-9-22)30-31(18-19-35-30)29(32)25-14-12-24(13-15-25)23-10-6-3-7-11-23/h2-17,20,30H,18-19,21H2,1H3. The first kappa shape index (κ1) is 23.1. The first-order valence-electron chi connectivity index (χ1n) is 11.7. The van der Waals surface area contributed by atoms with Crippen LogP contribution in [0.4, 0.5) is 0 Å². The fourth-order valence-electron chi connectivity index (χ4n) is 4.25. The topological polar surface area (TPSA) is 38.8 Å². The van der Waals surface area contributed by atoms with Gasteiger partial charge in [-0.15, -0.1) is 11.8 Å². The van der Waals surface area contributed by atoms with Crippen molar-refractivity contribution in [2.75, 3.05) is 19.4 Å². The maximum absolute atomic E-state index is 13.5. The van der Waals surface area contributed by atoms with Crippen LogP contribution in [0.5, 0.6) is 11.5 Å². The minimum absolute atomic E-state index is 0.0437. The van der Waals surface area contributed by atoms with Crippen molar-refractivity contribution in [3.8, 4) is 22.6 Å². The monoisotopic (exact) mass is 481 g/mol. The fourth-order valence-corrected chi connectivity index (χ4v) is 5.50. The number of ether oxygens (including phenoxy) is 2. The van der Waals surface area contributed by atoms with E-state index in [4.69, 9.17) is 9.47 Å². The molecule has 5 rings (SSSR count). The minimum Gasteiger partial charge on any atom is -0.493 e. The van der Waals surface area contributed by atoms with Crippen molar-refractivity contribution >= 4 is 17.7 Å². The van der Waals surface area contributed by atoms with Crippen LogP contribution in [-0.2, 0) is 6.61 Å². The van der Waals surface area contributed by atoms with Gasteiger partial charge in [-0.2, -0.15) is 0 Å². The normalized spacial score (nSPS) is 15.1. The first-order chi connectivity index (χ1) is 17.2. The zero-order valence-corrected chi connectivity index (χ0v) is 20.4. The van der Waals surface area contributed by atoms with Crippen molar-refractivity contribution in [2.24, 2.45) is 0 Å². The Morgan fingerprint density at radius 3 is 2.26 bits per heavy atom. The molecular weight excluding hydrogens is 454 g/mol. The highest BCUT2D eigenvalue weighted by molar-refractivity contribution is 7.99. The highest BCUT2D eigenvalue weighted by Gasteiger charge is 2.32. The van der Waals surface area contributed by atoms with Gasteiger partial charge in [-0.3, -0.25) is 4.79 Å². The molecule has 0 aromatic heterocycles. The third kappa shape index (κ3) is 5.20. The maximum Gasteiger partial charge on any atom is 0.255 e. The molecular formula is C30H27NO3S. The highest BCUT2D eigenvalue weighted by atomic mass is 32.2. The predicted molar refractivity (Wildman–Crippen MR) is 142 cm³/mol. The van der Waals surface area contributed by atoms with Crippen LogP contribution >= 0.6 is 11.8 Å². The van der Waals surface area contributed by atoms with Gasteiger partial charge in [0.25, 0.3) is 5.91 Å². The van der Waals surface area contributed by atoms with Gasteiger partial charge in [0.15, 0.2) is 11.5 Å². The summed E-state index contributed by atoms with van der Waals surface area (Å²) in [6.07, 6.45) is 0. The average molecular weight is 482 g/mol. The van der Waals surface area contributed by atoms with E-state index in [0.29, 0.717) is 30.2 Å². The smallest absolute Gasteiger partial charge is 0.255 e. The van der Waals surface area contributed by atoms with Gasteiger partial charge >= 0.3 is 0 Å². The average Bonchev–Trinajstić information content (AvgIpc) is 3.42. The van der Waals surface area contributed by atoms with Gasteiger partial charge in [-0.05, 0) is 46.5 Å². The van der Waals surface area contributed by atoms with E-state index in [0.717, 1.165) is 28.0 Å². The van der Waals surface area contributed by atoms with Crippen molar-refractivity contribution in [3.63, 3.8) is 0 Å². The molecule has 5 heteroatoms. The van der Waals surface area contributed by atoms with Crippen LogP contribution in [0, 0.1) is 0 Å². The maximum atomic E-state index is 13.5. The lowest BCUT2D eigenvalue weighted by atomic mass is 10.0. The Morgan fingerprint density at radius 1 is 0.857 bits per heavy atom. The fraction of sp³-hybridized carbons (Fsp3) is 0.167. The number of carbonyl (C=O) groups excluding carboxylic acids is 1. The molecule has 0 spiro atoms. The minimum atomic E-state index is -0.0683. The predicted octanol–water partition coefficient (Wildman–Crippen LogP) is 6.83. The summed E-state index contributed by atoms with van der Waals surface area (Å²) >= 11 is 1.77. The van der Waals surface area contributed by atoms with Crippen LogP contribution in [0.25, 0.3) is 11.1 Å². The number of benzene rings is 4. The van der Waals surface area contributed by atoms with Gasteiger partial charge in [-0.1, -0.05) is 78.9 Å². The van der Waals surface area contributed by atoms with E-state index >= 15 is 0 Å². The lowest BCUT2D eigenvalue weighted by Crippen LogP contribution is -2.30. The summed E-state index contributed by atoms with van der Waals surface area (Å²) in [6.45, 7) is 1.16. The molecule has 0 N–H and O–H groups in total. The molecule has 1 fully saturated rings. The molecule has 4 aromatic rings. The summed E-state index contributed by atoms with van der Waals surface area (Å²) in [5, 5.41) is -0.0683. The lowest BCUT2D eigenvalue weighted by Gasteiger charge is -2.25. The Labute approximate surface area is 210 Å². The Kier molecular flexibility index (Phi) is 7.05. The molecule has 1 atom stereocenters. The summed E-state index contributed by atoms with van der Waals surface area (Å²) in [7, 11) is 1.64. The van der Waals surface area contributed by atoms with E-state index < -0.39 is 0 Å². The third-order valence-corrected chi connectivity index (χ3v) is 7.36. The van der Waals surface area contributed by atoms with Gasteiger partial charge in [0.2, 0.25) is 0 Å². The Bertz CT molecular complexity index is 1280. The molecule has 35 heavy (non-hydrogen) atoms. The Balaban J connectivity index is 1.34. The molecule has 0 aliphatic carbocycles. The molecule has 1 heterocycles. The van der Waals surface area contributed by atoms with Crippen molar-refractivity contribution in [3.05, 3.63) is 120 Å². The first-order valence-corrected chi connectivity index (χ1v) is 12.7. The summed E-state index contributed by atoms with van der Waals surface area (Å²) in [6, 6.07) is 34.1. The molecule has 1 aliphatic heterocycles. The lowest BCUT2D eigenvalue weighted by molar-refractivity contribution is 0.0760. The van der Waals surface area contributed by atoms with Crippen LogP contribution < -0.4 is 9.47 Å². The van der Waals surface area contributed by atoms with Crippen molar-refractivity contribution in [1.82, 2.24) is 4.90 Å². The molecule has 0 bridgehead atoms. The Morgan fingerprint density at radius 2 is 1.54 bits per heavy atom. The molecule has 0 saturated carbocycles. The number of rotatable bonds is 7. The van der Waals surface area contributed by atoms with Crippen molar-refractivity contribution in [2.45, 2.75) is 12.0 Å². The van der Waals surface area contributed by atoms with Gasteiger partial charge < -0.3 is 14.4 Å². The van der Waals surface area contributed by atoms with Crippen LogP contribution in [-0.4, -0.2) is 30.2 Å². The SMILES string of the molecule is COc1ccc(C2SCCN2C(=O)c2ccc(-c3ccccc3)cc2)cc1OCc1ccccc1. The quantitative estimate of drug-likeness (QED) is 0.290. The van der Waals surface area contributed by atoms with E-state index in [1.165, 1.54) is 0 Å². The van der Waals surface area contributed by atoms with Gasteiger partial charge in [0, 0.05) is 17.9 Å². The Hall–Kier alpha value is -3.70. The largest absolute Gasteiger partial charge is 0.493 e. The number of carbonyl (C=O) groups is 1. The van der Waals surface area contributed by atoms with Crippen LogP contribution in [0.15, 0.2) is 103 Å².